The van der Waals surface area contributed by atoms with Crippen molar-refractivity contribution in [2.24, 2.45) is 0 Å². The minimum Gasteiger partial charge on any atom is -0.491 e. The summed E-state index contributed by atoms with van der Waals surface area (Å²) in [6.07, 6.45) is 0.122. The predicted octanol–water partition coefficient (Wildman–Crippen LogP) is 1.31. The number of aromatic nitrogens is 1. The lowest BCUT2D eigenvalue weighted by Crippen LogP contribution is -2.47. The summed E-state index contributed by atoms with van der Waals surface area (Å²) in [5.41, 5.74) is 0.844. The van der Waals surface area contributed by atoms with Crippen LogP contribution < -0.4 is 20.0 Å². The Labute approximate surface area is 171 Å². The maximum atomic E-state index is 14.8. The molecule has 3 heterocycles. The zero-order valence-corrected chi connectivity index (χ0v) is 16.4. The van der Waals surface area contributed by atoms with E-state index in [1.165, 1.54) is 24.2 Å². The number of rotatable bonds is 5. The van der Waals surface area contributed by atoms with Gasteiger partial charge in [0.1, 0.15) is 11.9 Å². The number of hydrogen-bond acceptors (Lipinski definition) is 8. The molecule has 0 spiro atoms. The molecule has 4 rings (SSSR count). The predicted molar refractivity (Wildman–Crippen MR) is 105 cm³/mol. The third kappa shape index (κ3) is 4.09. The first-order valence-corrected chi connectivity index (χ1v) is 9.57. The molecule has 2 aliphatic rings. The van der Waals surface area contributed by atoms with E-state index < -0.39 is 18.0 Å². The smallest absolute Gasteiger partial charge is 0.414 e. The van der Waals surface area contributed by atoms with Gasteiger partial charge in [-0.05, 0) is 18.2 Å². The van der Waals surface area contributed by atoms with Crippen molar-refractivity contribution < 1.29 is 28.2 Å². The Morgan fingerprint density at radius 1 is 1.30 bits per heavy atom. The molecule has 2 aromatic rings. The summed E-state index contributed by atoms with van der Waals surface area (Å²) in [6, 6.07) is 4.98. The van der Waals surface area contributed by atoms with Crippen molar-refractivity contribution in [1.29, 1.82) is 0 Å². The van der Waals surface area contributed by atoms with Gasteiger partial charge in [0, 0.05) is 33.1 Å². The maximum absolute atomic E-state index is 14.8. The lowest BCUT2D eigenvalue weighted by atomic mass is 10.2. The summed E-state index contributed by atoms with van der Waals surface area (Å²) in [6.45, 7) is 4.05. The average Bonchev–Trinajstić information content (AvgIpc) is 3.32. The molecular weight excluding hydrogens is 397 g/mol. The molecule has 10 nitrogen and oxygen atoms in total. The number of piperazine rings is 1. The summed E-state index contributed by atoms with van der Waals surface area (Å²) in [5.74, 6) is -0.818. The Morgan fingerprint density at radius 2 is 2.03 bits per heavy atom. The fraction of sp³-hybridized carbons (Fsp3) is 0.421. The van der Waals surface area contributed by atoms with E-state index in [0.29, 0.717) is 43.6 Å². The molecule has 160 valence electrons. The third-order valence-corrected chi connectivity index (χ3v) is 5.07. The van der Waals surface area contributed by atoms with Crippen molar-refractivity contribution in [1.82, 2.24) is 10.3 Å². The molecule has 0 aliphatic carbocycles. The van der Waals surface area contributed by atoms with Gasteiger partial charge in [0.05, 0.1) is 24.5 Å². The Kier molecular flexibility index (Phi) is 5.34. The zero-order valence-electron chi connectivity index (χ0n) is 16.4. The van der Waals surface area contributed by atoms with E-state index in [9.17, 15) is 19.1 Å². The molecule has 2 saturated heterocycles. The van der Waals surface area contributed by atoms with E-state index in [0.717, 1.165) is 0 Å². The van der Waals surface area contributed by atoms with Gasteiger partial charge in [0.15, 0.2) is 6.26 Å². The first-order valence-electron chi connectivity index (χ1n) is 9.57. The molecule has 11 heteroatoms. The van der Waals surface area contributed by atoms with Crippen LogP contribution in [0, 0.1) is 5.82 Å². The van der Waals surface area contributed by atoms with Crippen molar-refractivity contribution in [3.8, 4) is 5.88 Å². The van der Waals surface area contributed by atoms with Crippen LogP contribution in [0.1, 0.15) is 6.92 Å². The number of aromatic hydroxyl groups is 1. The SMILES string of the molecule is CC(=O)NCC1CN(c2ccc(N3CCN(c4nc(O)co4)CC3)c(F)c2)C(=O)O1. The quantitative estimate of drug-likeness (QED) is 0.746. The van der Waals surface area contributed by atoms with E-state index in [-0.39, 0.29) is 24.9 Å². The summed E-state index contributed by atoms with van der Waals surface area (Å²) in [7, 11) is 0. The number of nitrogens with one attached hydrogen (secondary N) is 1. The number of ether oxygens (including phenoxy) is 1. The van der Waals surface area contributed by atoms with Gasteiger partial charge in [-0.1, -0.05) is 0 Å². The first kappa shape index (κ1) is 19.8. The van der Waals surface area contributed by atoms with E-state index in [4.69, 9.17) is 9.15 Å². The molecule has 0 bridgehead atoms. The highest BCUT2D eigenvalue weighted by Gasteiger charge is 2.33. The molecule has 1 unspecified atom stereocenters. The summed E-state index contributed by atoms with van der Waals surface area (Å²) in [5, 5.41) is 11.9. The molecule has 30 heavy (non-hydrogen) atoms. The molecule has 2 aliphatic heterocycles. The minimum absolute atomic E-state index is 0.172. The van der Waals surface area contributed by atoms with Gasteiger partial charge in [-0.25, -0.2) is 9.18 Å². The number of halogens is 1. The second-order valence-electron chi connectivity index (χ2n) is 7.15. The fourth-order valence-corrected chi connectivity index (χ4v) is 3.56. The van der Waals surface area contributed by atoms with Crippen LogP contribution in [0.3, 0.4) is 0 Å². The van der Waals surface area contributed by atoms with Crippen molar-refractivity contribution in [3.63, 3.8) is 0 Å². The van der Waals surface area contributed by atoms with Crippen LogP contribution in [-0.4, -0.2) is 67.5 Å². The standard InChI is InChI=1S/C19H22FN5O5/c1-12(26)21-9-14-10-25(19(28)30-14)13-2-3-16(15(20)8-13)23-4-6-24(7-5-23)18-22-17(27)11-29-18/h2-3,8,11,14,27H,4-7,9-10H2,1H3,(H,21,26). The van der Waals surface area contributed by atoms with Gasteiger partial charge >= 0.3 is 12.1 Å². The van der Waals surface area contributed by atoms with Crippen molar-refractivity contribution in [3.05, 3.63) is 30.3 Å². The first-order chi connectivity index (χ1) is 14.4. The van der Waals surface area contributed by atoms with Gasteiger partial charge in [0.25, 0.3) is 5.88 Å². The Morgan fingerprint density at radius 3 is 2.67 bits per heavy atom. The number of hydrogen-bond donors (Lipinski definition) is 2. The summed E-state index contributed by atoms with van der Waals surface area (Å²) in [4.78, 5) is 32.2. The van der Waals surface area contributed by atoms with E-state index >= 15 is 0 Å². The van der Waals surface area contributed by atoms with E-state index in [1.54, 1.807) is 12.1 Å². The number of benzene rings is 1. The lowest BCUT2D eigenvalue weighted by Gasteiger charge is -2.35. The zero-order chi connectivity index (χ0) is 21.3. The highest BCUT2D eigenvalue weighted by atomic mass is 19.1. The molecular formula is C19H22FN5O5. The molecule has 0 radical (unpaired) electrons. The molecule has 1 atom stereocenters. The molecule has 2 fully saturated rings. The highest BCUT2D eigenvalue weighted by Crippen LogP contribution is 2.29. The largest absolute Gasteiger partial charge is 0.491 e. The van der Waals surface area contributed by atoms with Gasteiger partial charge in [-0.3, -0.25) is 9.69 Å². The van der Waals surface area contributed by atoms with Gasteiger partial charge in [0.2, 0.25) is 5.91 Å². The number of amides is 2. The second-order valence-corrected chi connectivity index (χ2v) is 7.15. The second kappa shape index (κ2) is 8.09. The van der Waals surface area contributed by atoms with Crippen molar-refractivity contribution >= 4 is 29.4 Å². The van der Waals surface area contributed by atoms with Gasteiger partial charge in [-0.15, -0.1) is 0 Å². The van der Waals surface area contributed by atoms with Crippen molar-refractivity contribution in [2.45, 2.75) is 13.0 Å². The van der Waals surface area contributed by atoms with E-state index in [1.807, 2.05) is 9.80 Å². The van der Waals surface area contributed by atoms with Crippen LogP contribution in [0.15, 0.2) is 28.9 Å². The van der Waals surface area contributed by atoms with Crippen LogP contribution in [0.4, 0.5) is 26.6 Å². The lowest BCUT2D eigenvalue weighted by molar-refractivity contribution is -0.119. The highest BCUT2D eigenvalue weighted by molar-refractivity contribution is 5.90. The molecule has 2 N–H and O–H groups in total. The van der Waals surface area contributed by atoms with Crippen LogP contribution in [0.25, 0.3) is 0 Å². The van der Waals surface area contributed by atoms with Crippen molar-refractivity contribution in [2.75, 3.05) is 54.0 Å². The Hall–Kier alpha value is -3.50. The molecule has 0 saturated carbocycles. The van der Waals surface area contributed by atoms with Crippen LogP contribution >= 0.6 is 0 Å². The van der Waals surface area contributed by atoms with Crippen LogP contribution in [0.2, 0.25) is 0 Å². The van der Waals surface area contributed by atoms with Gasteiger partial charge in [-0.2, -0.15) is 4.98 Å². The number of oxazole rings is 1. The number of nitrogens with zero attached hydrogens (tertiary/aromatic N) is 4. The molecule has 1 aromatic carbocycles. The summed E-state index contributed by atoms with van der Waals surface area (Å²) >= 11 is 0. The fourth-order valence-electron chi connectivity index (χ4n) is 3.56. The minimum atomic E-state index is -0.569. The Balaban J connectivity index is 1.39. The number of anilines is 3. The monoisotopic (exact) mass is 419 g/mol. The summed E-state index contributed by atoms with van der Waals surface area (Å²) < 4.78 is 25.2. The number of carbonyl (C=O) groups is 2. The van der Waals surface area contributed by atoms with Gasteiger partial charge < -0.3 is 29.4 Å². The molecule has 2 amide bonds. The average molecular weight is 419 g/mol. The third-order valence-electron chi connectivity index (χ3n) is 5.07. The maximum Gasteiger partial charge on any atom is 0.414 e. The number of cyclic esters (lactones) is 1. The topological polar surface area (TPSA) is 111 Å². The van der Waals surface area contributed by atoms with E-state index in [2.05, 4.69) is 10.3 Å². The normalized spacial score (nSPS) is 19.2. The molecule has 1 aromatic heterocycles. The van der Waals surface area contributed by atoms with Crippen LogP contribution in [0.5, 0.6) is 5.88 Å². The van der Waals surface area contributed by atoms with Crippen LogP contribution in [-0.2, 0) is 9.53 Å². The Bertz CT molecular complexity index is 943. The number of carbonyl (C=O) groups excluding carboxylic acids is 2.